The minimum Gasteiger partial charge on any atom is -0.497 e. The van der Waals surface area contributed by atoms with Gasteiger partial charge in [0, 0.05) is 24.5 Å². The lowest BCUT2D eigenvalue weighted by Gasteiger charge is -2.11. The molecule has 1 amide bonds. The number of hydrogen-bond donors (Lipinski definition) is 1. The zero-order valence-corrected chi connectivity index (χ0v) is 15.9. The lowest BCUT2D eigenvalue weighted by molar-refractivity contribution is -0.116. The highest BCUT2D eigenvalue weighted by Crippen LogP contribution is 2.29. The van der Waals surface area contributed by atoms with Crippen molar-refractivity contribution in [2.24, 2.45) is 0 Å². The number of anilines is 1. The number of aryl methyl sites for hydroxylation is 1. The van der Waals surface area contributed by atoms with E-state index in [0.717, 1.165) is 5.56 Å². The number of hydrogen-bond acceptors (Lipinski definition) is 7. The van der Waals surface area contributed by atoms with Gasteiger partial charge in [0.15, 0.2) is 0 Å². The topological polar surface area (TPSA) is 95.7 Å². The summed E-state index contributed by atoms with van der Waals surface area (Å²) in [5.41, 5.74) is 1.32. The molecule has 0 atom stereocenters. The van der Waals surface area contributed by atoms with Crippen LogP contribution in [0.1, 0.15) is 12.3 Å². The van der Waals surface area contributed by atoms with Crippen LogP contribution in [0.15, 0.2) is 46.9 Å². The molecule has 0 spiro atoms. The minimum absolute atomic E-state index is 0.189. The standard InChI is InChI=1S/C20H21N3O5/c1-25-14-6-4-5-13(11-14)20-23-22-19(28-20)10-9-18(24)21-16-8-7-15(26-2)12-17(16)27-3/h4-8,11-12H,9-10H2,1-3H3,(H,21,24). The Kier molecular flexibility index (Phi) is 6.11. The maximum Gasteiger partial charge on any atom is 0.247 e. The average molecular weight is 383 g/mol. The first kappa shape index (κ1) is 19.2. The molecular formula is C20H21N3O5. The third-order valence-corrected chi connectivity index (χ3v) is 4.03. The van der Waals surface area contributed by atoms with Gasteiger partial charge < -0.3 is 23.9 Å². The lowest BCUT2D eigenvalue weighted by Crippen LogP contribution is -2.13. The van der Waals surface area contributed by atoms with Crippen LogP contribution in [0.5, 0.6) is 17.2 Å². The largest absolute Gasteiger partial charge is 0.497 e. The molecule has 1 N–H and O–H groups in total. The Morgan fingerprint density at radius 2 is 1.79 bits per heavy atom. The number of nitrogens with zero attached hydrogens (tertiary/aromatic N) is 2. The van der Waals surface area contributed by atoms with Crippen molar-refractivity contribution < 1.29 is 23.4 Å². The van der Waals surface area contributed by atoms with Gasteiger partial charge in [-0.15, -0.1) is 10.2 Å². The summed E-state index contributed by atoms with van der Waals surface area (Å²) in [7, 11) is 4.69. The van der Waals surface area contributed by atoms with Crippen LogP contribution in [-0.4, -0.2) is 37.4 Å². The first-order chi connectivity index (χ1) is 13.6. The Labute approximate surface area is 162 Å². The van der Waals surface area contributed by atoms with Crippen LogP contribution >= 0.6 is 0 Å². The summed E-state index contributed by atoms with van der Waals surface area (Å²) in [4.78, 5) is 12.3. The van der Waals surface area contributed by atoms with Crippen LogP contribution in [0.4, 0.5) is 5.69 Å². The van der Waals surface area contributed by atoms with Gasteiger partial charge in [0.2, 0.25) is 17.7 Å². The zero-order chi connectivity index (χ0) is 19.9. The van der Waals surface area contributed by atoms with Gasteiger partial charge in [-0.25, -0.2) is 0 Å². The molecule has 1 heterocycles. The Hall–Kier alpha value is -3.55. The molecular weight excluding hydrogens is 362 g/mol. The summed E-state index contributed by atoms with van der Waals surface area (Å²) in [5, 5.41) is 10.8. The molecule has 0 bridgehead atoms. The van der Waals surface area contributed by atoms with E-state index in [1.54, 1.807) is 38.5 Å². The second-order valence-electron chi connectivity index (χ2n) is 5.85. The van der Waals surface area contributed by atoms with Gasteiger partial charge in [0.05, 0.1) is 27.0 Å². The second-order valence-corrected chi connectivity index (χ2v) is 5.85. The van der Waals surface area contributed by atoms with Crippen molar-refractivity contribution in [3.05, 3.63) is 48.4 Å². The molecule has 0 aliphatic rings. The quantitative estimate of drug-likeness (QED) is 0.637. The third kappa shape index (κ3) is 4.59. The van der Waals surface area contributed by atoms with E-state index in [1.807, 2.05) is 18.2 Å². The molecule has 0 fully saturated rings. The highest BCUT2D eigenvalue weighted by Gasteiger charge is 2.13. The van der Waals surface area contributed by atoms with Crippen LogP contribution in [0.25, 0.3) is 11.5 Å². The van der Waals surface area contributed by atoms with E-state index in [-0.39, 0.29) is 12.3 Å². The molecule has 8 heteroatoms. The molecule has 0 aliphatic carbocycles. The van der Waals surface area contributed by atoms with Gasteiger partial charge in [0.1, 0.15) is 17.2 Å². The fraction of sp³-hybridized carbons (Fsp3) is 0.250. The molecule has 3 aromatic rings. The summed E-state index contributed by atoms with van der Waals surface area (Å²) < 4.78 is 21.3. The van der Waals surface area contributed by atoms with E-state index in [4.69, 9.17) is 18.6 Å². The van der Waals surface area contributed by atoms with Crippen molar-refractivity contribution in [1.82, 2.24) is 10.2 Å². The fourth-order valence-corrected chi connectivity index (χ4v) is 2.56. The Morgan fingerprint density at radius 1 is 1.00 bits per heavy atom. The predicted molar refractivity (Wildman–Crippen MR) is 103 cm³/mol. The average Bonchev–Trinajstić information content (AvgIpc) is 3.21. The highest BCUT2D eigenvalue weighted by atomic mass is 16.5. The van der Waals surface area contributed by atoms with Crippen molar-refractivity contribution in [2.75, 3.05) is 26.6 Å². The smallest absolute Gasteiger partial charge is 0.247 e. The number of carbonyl (C=O) groups excluding carboxylic acids is 1. The number of methoxy groups -OCH3 is 3. The molecule has 0 radical (unpaired) electrons. The normalized spacial score (nSPS) is 10.4. The summed E-state index contributed by atoms with van der Waals surface area (Å²) in [5.74, 6) is 2.44. The molecule has 0 saturated carbocycles. The van der Waals surface area contributed by atoms with E-state index in [1.165, 1.54) is 7.11 Å². The van der Waals surface area contributed by atoms with E-state index in [9.17, 15) is 4.79 Å². The maximum absolute atomic E-state index is 12.3. The number of nitrogens with one attached hydrogen (secondary N) is 1. The van der Waals surface area contributed by atoms with Gasteiger partial charge in [-0.3, -0.25) is 4.79 Å². The molecule has 0 aliphatic heterocycles. The van der Waals surface area contributed by atoms with Gasteiger partial charge in [-0.05, 0) is 30.3 Å². The van der Waals surface area contributed by atoms with E-state index >= 15 is 0 Å². The van der Waals surface area contributed by atoms with Crippen molar-refractivity contribution >= 4 is 11.6 Å². The SMILES string of the molecule is COc1cccc(-c2nnc(CCC(=O)Nc3ccc(OC)cc3OC)o2)c1. The first-order valence-corrected chi connectivity index (χ1v) is 8.61. The van der Waals surface area contributed by atoms with Crippen molar-refractivity contribution in [2.45, 2.75) is 12.8 Å². The molecule has 8 nitrogen and oxygen atoms in total. The Morgan fingerprint density at radius 3 is 2.54 bits per heavy atom. The van der Waals surface area contributed by atoms with E-state index in [0.29, 0.717) is 41.1 Å². The predicted octanol–water partition coefficient (Wildman–Crippen LogP) is 3.33. The maximum atomic E-state index is 12.3. The Balaban J connectivity index is 1.60. The van der Waals surface area contributed by atoms with E-state index in [2.05, 4.69) is 15.5 Å². The number of rotatable bonds is 8. The second kappa shape index (κ2) is 8.90. The summed E-state index contributed by atoms with van der Waals surface area (Å²) in [6.45, 7) is 0. The molecule has 146 valence electrons. The summed E-state index contributed by atoms with van der Waals surface area (Å²) >= 11 is 0. The minimum atomic E-state index is -0.190. The monoisotopic (exact) mass is 383 g/mol. The third-order valence-electron chi connectivity index (χ3n) is 4.03. The molecule has 28 heavy (non-hydrogen) atoms. The molecule has 0 unspecified atom stereocenters. The Bertz CT molecular complexity index is 955. The van der Waals surface area contributed by atoms with E-state index < -0.39 is 0 Å². The molecule has 0 saturated heterocycles. The van der Waals surface area contributed by atoms with Gasteiger partial charge in [-0.1, -0.05) is 6.07 Å². The van der Waals surface area contributed by atoms with Crippen LogP contribution < -0.4 is 19.5 Å². The van der Waals surface area contributed by atoms with Crippen molar-refractivity contribution in [3.63, 3.8) is 0 Å². The lowest BCUT2D eigenvalue weighted by atomic mass is 10.2. The van der Waals surface area contributed by atoms with Crippen LogP contribution in [0.3, 0.4) is 0 Å². The van der Waals surface area contributed by atoms with Crippen molar-refractivity contribution in [1.29, 1.82) is 0 Å². The van der Waals surface area contributed by atoms with Gasteiger partial charge in [-0.2, -0.15) is 0 Å². The highest BCUT2D eigenvalue weighted by molar-refractivity contribution is 5.92. The number of aromatic nitrogens is 2. The number of amides is 1. The van der Waals surface area contributed by atoms with Crippen molar-refractivity contribution in [3.8, 4) is 28.7 Å². The van der Waals surface area contributed by atoms with Crippen LogP contribution in [-0.2, 0) is 11.2 Å². The fourth-order valence-electron chi connectivity index (χ4n) is 2.56. The summed E-state index contributed by atoms with van der Waals surface area (Å²) in [6.07, 6.45) is 0.510. The molecule has 2 aromatic carbocycles. The zero-order valence-electron chi connectivity index (χ0n) is 15.9. The van der Waals surface area contributed by atoms with Gasteiger partial charge >= 0.3 is 0 Å². The number of carbonyl (C=O) groups is 1. The summed E-state index contributed by atoms with van der Waals surface area (Å²) in [6, 6.07) is 12.5. The van der Waals surface area contributed by atoms with Crippen LogP contribution in [0, 0.1) is 0 Å². The number of benzene rings is 2. The van der Waals surface area contributed by atoms with Gasteiger partial charge in [0.25, 0.3) is 0 Å². The molecule has 3 rings (SSSR count). The number of ether oxygens (including phenoxy) is 3. The van der Waals surface area contributed by atoms with Crippen LogP contribution in [0.2, 0.25) is 0 Å². The molecule has 1 aromatic heterocycles. The first-order valence-electron chi connectivity index (χ1n) is 8.61.